The summed E-state index contributed by atoms with van der Waals surface area (Å²) in [6.07, 6.45) is 4.32. The average molecular weight is 294 g/mol. The van der Waals surface area contributed by atoms with E-state index in [0.29, 0.717) is 0 Å². The predicted molar refractivity (Wildman–Crippen MR) is 72.2 cm³/mol. The van der Waals surface area contributed by atoms with Crippen molar-refractivity contribution in [3.05, 3.63) is 34.8 Å². The Morgan fingerprint density at radius 1 is 1.47 bits per heavy atom. The second kappa shape index (κ2) is 4.42. The Hall–Kier alpha value is -0.870. The Balaban J connectivity index is 1.90. The SMILES string of the molecule is CN1CCC(Cc2ncc3cccc(Br)n23)C1. The van der Waals surface area contributed by atoms with Crippen molar-refractivity contribution in [2.75, 3.05) is 20.1 Å². The second-order valence-corrected chi connectivity index (χ2v) is 5.72. The van der Waals surface area contributed by atoms with Gasteiger partial charge in [0.05, 0.1) is 16.3 Å². The van der Waals surface area contributed by atoms with Gasteiger partial charge in [0, 0.05) is 13.0 Å². The van der Waals surface area contributed by atoms with Crippen LogP contribution in [0.25, 0.3) is 5.52 Å². The van der Waals surface area contributed by atoms with E-state index < -0.39 is 0 Å². The van der Waals surface area contributed by atoms with Crippen LogP contribution in [0, 0.1) is 5.92 Å². The van der Waals surface area contributed by atoms with Crippen molar-refractivity contribution in [2.45, 2.75) is 12.8 Å². The number of halogens is 1. The van der Waals surface area contributed by atoms with Gasteiger partial charge in [-0.25, -0.2) is 4.98 Å². The lowest BCUT2D eigenvalue weighted by Gasteiger charge is -2.10. The monoisotopic (exact) mass is 293 g/mol. The van der Waals surface area contributed by atoms with Crippen molar-refractivity contribution < 1.29 is 0 Å². The van der Waals surface area contributed by atoms with Gasteiger partial charge in [0.15, 0.2) is 0 Å². The zero-order valence-electron chi connectivity index (χ0n) is 9.93. The van der Waals surface area contributed by atoms with Crippen LogP contribution in [-0.4, -0.2) is 34.4 Å². The summed E-state index contributed by atoms with van der Waals surface area (Å²) in [6.45, 7) is 2.41. The maximum absolute atomic E-state index is 4.56. The maximum Gasteiger partial charge on any atom is 0.114 e. The van der Waals surface area contributed by atoms with Gasteiger partial charge in [-0.1, -0.05) is 6.07 Å². The highest BCUT2D eigenvalue weighted by Crippen LogP contribution is 2.22. The summed E-state index contributed by atoms with van der Waals surface area (Å²) < 4.78 is 3.30. The topological polar surface area (TPSA) is 20.5 Å². The Labute approximate surface area is 110 Å². The normalized spacial score (nSPS) is 21.4. The molecule has 1 unspecified atom stereocenters. The van der Waals surface area contributed by atoms with Gasteiger partial charge in [0.25, 0.3) is 0 Å². The highest BCUT2D eigenvalue weighted by Gasteiger charge is 2.21. The fraction of sp³-hybridized carbons (Fsp3) is 0.462. The summed E-state index contributed by atoms with van der Waals surface area (Å²) in [5.74, 6) is 1.92. The zero-order valence-corrected chi connectivity index (χ0v) is 11.5. The van der Waals surface area contributed by atoms with Crippen molar-refractivity contribution >= 4 is 21.4 Å². The van der Waals surface area contributed by atoms with Crippen molar-refractivity contribution in [3.63, 3.8) is 0 Å². The van der Waals surface area contributed by atoms with Gasteiger partial charge >= 0.3 is 0 Å². The van der Waals surface area contributed by atoms with Gasteiger partial charge in [-0.15, -0.1) is 0 Å². The molecule has 0 radical (unpaired) electrons. The highest BCUT2D eigenvalue weighted by atomic mass is 79.9. The van der Waals surface area contributed by atoms with E-state index in [-0.39, 0.29) is 0 Å². The summed E-state index contributed by atoms with van der Waals surface area (Å²) in [5, 5.41) is 0. The molecule has 1 aliphatic heterocycles. The zero-order chi connectivity index (χ0) is 11.8. The van der Waals surface area contributed by atoms with Crippen LogP contribution in [0.4, 0.5) is 0 Å². The van der Waals surface area contributed by atoms with Gasteiger partial charge < -0.3 is 4.90 Å². The Morgan fingerprint density at radius 2 is 2.35 bits per heavy atom. The molecule has 1 saturated heterocycles. The van der Waals surface area contributed by atoms with Crippen LogP contribution in [0.3, 0.4) is 0 Å². The molecule has 2 aromatic heterocycles. The minimum absolute atomic E-state index is 0.748. The molecule has 1 aliphatic rings. The molecule has 0 aliphatic carbocycles. The molecule has 17 heavy (non-hydrogen) atoms. The van der Waals surface area contributed by atoms with E-state index in [9.17, 15) is 0 Å². The summed E-state index contributed by atoms with van der Waals surface area (Å²) in [5.41, 5.74) is 1.17. The minimum atomic E-state index is 0.748. The van der Waals surface area contributed by atoms with Crippen LogP contribution >= 0.6 is 15.9 Å². The van der Waals surface area contributed by atoms with Crippen molar-refractivity contribution in [2.24, 2.45) is 5.92 Å². The van der Waals surface area contributed by atoms with Crippen molar-refractivity contribution in [1.29, 1.82) is 0 Å². The van der Waals surface area contributed by atoms with E-state index in [1.54, 1.807) is 0 Å². The largest absolute Gasteiger partial charge is 0.306 e. The van der Waals surface area contributed by atoms with E-state index in [4.69, 9.17) is 0 Å². The fourth-order valence-corrected chi connectivity index (χ4v) is 3.23. The van der Waals surface area contributed by atoms with Crippen LogP contribution in [0.1, 0.15) is 12.2 Å². The Kier molecular flexibility index (Phi) is 2.92. The first-order chi connectivity index (χ1) is 8.24. The highest BCUT2D eigenvalue weighted by molar-refractivity contribution is 9.10. The summed E-state index contributed by atoms with van der Waals surface area (Å²) >= 11 is 3.60. The van der Waals surface area contributed by atoms with E-state index in [2.05, 4.69) is 49.4 Å². The first kappa shape index (κ1) is 11.2. The van der Waals surface area contributed by atoms with E-state index >= 15 is 0 Å². The molecule has 3 heterocycles. The van der Waals surface area contributed by atoms with Gasteiger partial charge in [0.2, 0.25) is 0 Å². The Bertz CT molecular complexity index is 534. The molecule has 3 rings (SSSR count). The molecule has 0 spiro atoms. The number of rotatable bonds is 2. The number of hydrogen-bond donors (Lipinski definition) is 0. The molecular weight excluding hydrogens is 278 g/mol. The molecule has 4 heteroatoms. The Morgan fingerprint density at radius 3 is 3.12 bits per heavy atom. The number of pyridine rings is 1. The number of likely N-dealkylation sites (tertiary alicyclic amines) is 1. The van der Waals surface area contributed by atoms with E-state index in [1.807, 2.05) is 12.3 Å². The first-order valence-electron chi connectivity index (χ1n) is 6.03. The van der Waals surface area contributed by atoms with Gasteiger partial charge in [-0.2, -0.15) is 0 Å². The quantitative estimate of drug-likeness (QED) is 0.794. The molecule has 1 atom stereocenters. The molecule has 0 saturated carbocycles. The second-order valence-electron chi connectivity index (χ2n) is 4.90. The third-order valence-corrected chi connectivity index (χ3v) is 4.16. The summed E-state index contributed by atoms with van der Waals surface area (Å²) in [6, 6.07) is 6.22. The molecule has 1 fully saturated rings. The molecule has 0 N–H and O–H groups in total. The number of nitrogens with zero attached hydrogens (tertiary/aromatic N) is 3. The number of fused-ring (bicyclic) bond motifs is 1. The van der Waals surface area contributed by atoms with Crippen LogP contribution in [0.2, 0.25) is 0 Å². The molecule has 0 amide bonds. The molecular formula is C13H16BrN3. The van der Waals surface area contributed by atoms with E-state index in [0.717, 1.165) is 16.9 Å². The lowest BCUT2D eigenvalue weighted by atomic mass is 10.0. The maximum atomic E-state index is 4.56. The van der Waals surface area contributed by atoms with E-state index in [1.165, 1.54) is 30.9 Å². The number of hydrogen-bond acceptors (Lipinski definition) is 2. The van der Waals surface area contributed by atoms with Crippen LogP contribution in [0.15, 0.2) is 29.0 Å². The minimum Gasteiger partial charge on any atom is -0.306 e. The molecule has 0 bridgehead atoms. The lowest BCUT2D eigenvalue weighted by Crippen LogP contribution is -2.15. The predicted octanol–water partition coefficient (Wildman–Crippen LogP) is 2.59. The van der Waals surface area contributed by atoms with Crippen molar-refractivity contribution in [1.82, 2.24) is 14.3 Å². The van der Waals surface area contributed by atoms with Crippen molar-refractivity contribution in [3.8, 4) is 0 Å². The van der Waals surface area contributed by atoms with Crippen LogP contribution in [0.5, 0.6) is 0 Å². The summed E-state index contributed by atoms with van der Waals surface area (Å²) in [7, 11) is 2.19. The molecule has 90 valence electrons. The summed E-state index contributed by atoms with van der Waals surface area (Å²) in [4.78, 5) is 6.96. The third kappa shape index (κ3) is 2.11. The lowest BCUT2D eigenvalue weighted by molar-refractivity contribution is 0.392. The van der Waals surface area contributed by atoms with Gasteiger partial charge in [-0.3, -0.25) is 4.40 Å². The first-order valence-corrected chi connectivity index (χ1v) is 6.83. The van der Waals surface area contributed by atoms with Crippen LogP contribution < -0.4 is 0 Å². The number of aromatic nitrogens is 2. The standard InChI is InChI=1S/C13H16BrN3/c1-16-6-5-10(9-16)7-13-15-8-11-3-2-4-12(14)17(11)13/h2-4,8,10H,5-7,9H2,1H3. The smallest absolute Gasteiger partial charge is 0.114 e. The van der Waals surface area contributed by atoms with Gasteiger partial charge in [0.1, 0.15) is 5.82 Å². The van der Waals surface area contributed by atoms with Crippen LogP contribution in [-0.2, 0) is 6.42 Å². The fourth-order valence-electron chi connectivity index (χ4n) is 2.67. The number of imidazole rings is 1. The third-order valence-electron chi connectivity index (χ3n) is 3.54. The van der Waals surface area contributed by atoms with Gasteiger partial charge in [-0.05, 0) is 54.0 Å². The molecule has 3 nitrogen and oxygen atoms in total. The molecule has 0 aromatic carbocycles. The molecule has 2 aromatic rings. The average Bonchev–Trinajstić information content (AvgIpc) is 2.88.